The zero-order valence-corrected chi connectivity index (χ0v) is 10.5. The fraction of sp³-hybridized carbons (Fsp3) is 0.0769. The van der Waals surface area contributed by atoms with Crippen molar-refractivity contribution in [2.75, 3.05) is 5.43 Å². The Hall–Kier alpha value is -2.98. The Bertz CT molecular complexity index is 800. The van der Waals surface area contributed by atoms with E-state index in [0.717, 1.165) is 16.5 Å². The van der Waals surface area contributed by atoms with Crippen molar-refractivity contribution in [3.8, 4) is 6.07 Å². The van der Waals surface area contributed by atoms with Crippen LogP contribution in [0.3, 0.4) is 0 Å². The second-order valence-corrected chi connectivity index (χ2v) is 4.21. The van der Waals surface area contributed by atoms with Gasteiger partial charge in [-0.15, -0.1) is 5.10 Å². The number of hydrazine groups is 1. The van der Waals surface area contributed by atoms with Crippen LogP contribution in [0.25, 0.3) is 10.9 Å². The first-order valence-corrected chi connectivity index (χ1v) is 5.95. The van der Waals surface area contributed by atoms with Gasteiger partial charge >= 0.3 is 0 Å². The Kier molecular flexibility index (Phi) is 2.99. The molecule has 0 spiro atoms. The van der Waals surface area contributed by atoms with Crippen LogP contribution in [0.4, 0.5) is 5.82 Å². The van der Waals surface area contributed by atoms with E-state index >= 15 is 0 Å². The van der Waals surface area contributed by atoms with E-state index in [9.17, 15) is 0 Å². The molecule has 0 aliphatic heterocycles. The summed E-state index contributed by atoms with van der Waals surface area (Å²) in [5.41, 5.74) is 4.33. The van der Waals surface area contributed by atoms with E-state index in [4.69, 9.17) is 11.1 Å². The van der Waals surface area contributed by atoms with Crippen LogP contribution in [0.15, 0.2) is 36.7 Å². The van der Waals surface area contributed by atoms with Gasteiger partial charge in [0.05, 0.1) is 12.1 Å². The van der Waals surface area contributed by atoms with Gasteiger partial charge in [0.15, 0.2) is 0 Å². The molecule has 0 unspecified atom stereocenters. The number of nitrogens with zero attached hydrogens (tertiary/aromatic N) is 5. The number of rotatable bonds is 3. The van der Waals surface area contributed by atoms with E-state index in [2.05, 4.69) is 20.5 Å². The number of para-hydroxylation sites is 1. The van der Waals surface area contributed by atoms with Crippen LogP contribution in [0.5, 0.6) is 0 Å². The molecule has 0 bridgehead atoms. The van der Waals surface area contributed by atoms with Gasteiger partial charge in [0.1, 0.15) is 18.2 Å². The average Bonchev–Trinajstić information content (AvgIpc) is 2.94. The zero-order chi connectivity index (χ0) is 13.9. The van der Waals surface area contributed by atoms with Gasteiger partial charge in [0, 0.05) is 10.9 Å². The first kappa shape index (κ1) is 12.1. The summed E-state index contributed by atoms with van der Waals surface area (Å²) < 4.78 is 1.57. The van der Waals surface area contributed by atoms with E-state index in [1.54, 1.807) is 4.68 Å². The minimum Gasteiger partial charge on any atom is -0.308 e. The number of pyridine rings is 1. The molecule has 1 aromatic carbocycles. The molecule has 2 aromatic heterocycles. The topological polar surface area (TPSA) is 105 Å². The van der Waals surface area contributed by atoms with Crippen molar-refractivity contribution in [1.29, 1.82) is 5.26 Å². The van der Waals surface area contributed by atoms with Crippen LogP contribution in [0.2, 0.25) is 0 Å². The summed E-state index contributed by atoms with van der Waals surface area (Å²) in [6, 6.07) is 11.7. The van der Waals surface area contributed by atoms with Crippen molar-refractivity contribution in [2.24, 2.45) is 5.84 Å². The average molecular weight is 265 g/mol. The number of nitrogens with two attached hydrogens (primary N) is 1. The number of hydrogen-bond donors (Lipinski definition) is 2. The maximum absolute atomic E-state index is 8.73. The van der Waals surface area contributed by atoms with Crippen LogP contribution in [-0.2, 0) is 6.54 Å². The van der Waals surface area contributed by atoms with E-state index in [-0.39, 0.29) is 5.82 Å². The van der Waals surface area contributed by atoms with Gasteiger partial charge in [-0.1, -0.05) is 18.2 Å². The first-order valence-electron chi connectivity index (χ1n) is 5.95. The number of benzene rings is 1. The summed E-state index contributed by atoms with van der Waals surface area (Å²) in [5.74, 6) is 6.24. The van der Waals surface area contributed by atoms with Crippen LogP contribution in [-0.4, -0.2) is 19.7 Å². The summed E-state index contributed by atoms with van der Waals surface area (Å²) in [6.45, 7) is 0.437. The van der Waals surface area contributed by atoms with Crippen molar-refractivity contribution < 1.29 is 0 Å². The lowest BCUT2D eigenvalue weighted by molar-refractivity contribution is 0.682. The molecule has 0 atom stereocenters. The van der Waals surface area contributed by atoms with Crippen LogP contribution in [0.1, 0.15) is 11.4 Å². The standard InChI is InChI=1S/C13H11N7/c14-6-12-16-8-20(19-12)7-10-5-9-3-1-2-4-11(9)17-13(10)18-15/h1-5,8H,7,15H2,(H,17,18). The lowest BCUT2D eigenvalue weighted by Crippen LogP contribution is -2.13. The fourth-order valence-electron chi connectivity index (χ4n) is 2.00. The number of nitriles is 1. The molecule has 0 radical (unpaired) electrons. The highest BCUT2D eigenvalue weighted by atomic mass is 15.3. The predicted molar refractivity (Wildman–Crippen MR) is 73.4 cm³/mol. The van der Waals surface area contributed by atoms with Gasteiger partial charge in [0.25, 0.3) is 5.82 Å². The number of anilines is 1. The molecule has 0 fully saturated rings. The lowest BCUT2D eigenvalue weighted by atomic mass is 10.1. The summed E-state index contributed by atoms with van der Waals surface area (Å²) in [7, 11) is 0. The summed E-state index contributed by atoms with van der Waals surface area (Å²) in [6.07, 6.45) is 1.51. The molecular weight excluding hydrogens is 254 g/mol. The van der Waals surface area contributed by atoms with Crippen molar-refractivity contribution in [3.05, 3.63) is 48.0 Å². The second-order valence-electron chi connectivity index (χ2n) is 4.21. The highest BCUT2D eigenvalue weighted by Crippen LogP contribution is 2.20. The van der Waals surface area contributed by atoms with Crippen molar-refractivity contribution in [3.63, 3.8) is 0 Å². The Morgan fingerprint density at radius 1 is 1.35 bits per heavy atom. The second kappa shape index (κ2) is 4.95. The molecule has 3 aromatic rings. The van der Waals surface area contributed by atoms with Crippen molar-refractivity contribution in [2.45, 2.75) is 6.54 Å². The Morgan fingerprint density at radius 2 is 2.20 bits per heavy atom. The molecule has 3 N–H and O–H groups in total. The summed E-state index contributed by atoms with van der Waals surface area (Å²) in [4.78, 5) is 8.32. The molecule has 3 rings (SSSR count). The third-order valence-electron chi connectivity index (χ3n) is 2.91. The van der Waals surface area contributed by atoms with Gasteiger partial charge in [-0.05, 0) is 12.1 Å². The van der Waals surface area contributed by atoms with Gasteiger partial charge in [-0.2, -0.15) is 5.26 Å². The molecule has 0 aliphatic carbocycles. The van der Waals surface area contributed by atoms with Gasteiger partial charge in [-0.25, -0.2) is 20.5 Å². The van der Waals surface area contributed by atoms with Gasteiger partial charge < -0.3 is 5.43 Å². The molecule has 2 heterocycles. The first-order chi connectivity index (χ1) is 9.80. The van der Waals surface area contributed by atoms with Crippen LogP contribution in [0, 0.1) is 11.3 Å². The lowest BCUT2D eigenvalue weighted by Gasteiger charge is -2.09. The monoisotopic (exact) mass is 265 g/mol. The molecule has 0 saturated carbocycles. The Morgan fingerprint density at radius 3 is 2.95 bits per heavy atom. The molecule has 7 heteroatoms. The molecular formula is C13H11N7. The summed E-state index contributed by atoms with van der Waals surface area (Å²) in [5, 5.41) is 13.8. The van der Waals surface area contributed by atoms with E-state index in [1.165, 1.54) is 6.33 Å². The van der Waals surface area contributed by atoms with Crippen LogP contribution < -0.4 is 11.3 Å². The highest BCUT2D eigenvalue weighted by Gasteiger charge is 2.08. The fourth-order valence-corrected chi connectivity index (χ4v) is 2.00. The molecule has 0 aliphatic rings. The molecule has 20 heavy (non-hydrogen) atoms. The molecule has 7 nitrogen and oxygen atoms in total. The number of hydrogen-bond acceptors (Lipinski definition) is 6. The third kappa shape index (κ3) is 2.15. The Balaban J connectivity index is 2.03. The van der Waals surface area contributed by atoms with Crippen LogP contribution >= 0.6 is 0 Å². The quantitative estimate of drug-likeness (QED) is 0.541. The third-order valence-corrected chi connectivity index (χ3v) is 2.91. The normalized spacial score (nSPS) is 10.4. The van der Waals surface area contributed by atoms with E-state index in [0.29, 0.717) is 12.4 Å². The minimum absolute atomic E-state index is 0.140. The maximum Gasteiger partial charge on any atom is 0.252 e. The smallest absolute Gasteiger partial charge is 0.252 e. The number of fused-ring (bicyclic) bond motifs is 1. The largest absolute Gasteiger partial charge is 0.308 e. The highest BCUT2D eigenvalue weighted by molar-refractivity contribution is 5.81. The predicted octanol–water partition coefficient (Wildman–Crippen LogP) is 1.03. The van der Waals surface area contributed by atoms with Crippen molar-refractivity contribution >= 4 is 16.7 Å². The van der Waals surface area contributed by atoms with Gasteiger partial charge in [0.2, 0.25) is 0 Å². The van der Waals surface area contributed by atoms with Gasteiger partial charge in [-0.3, -0.25) is 0 Å². The number of nitrogens with one attached hydrogen (secondary N) is 1. The maximum atomic E-state index is 8.73. The molecule has 98 valence electrons. The SMILES string of the molecule is N#Cc1ncn(Cc2cc3ccccc3nc2NN)n1. The minimum atomic E-state index is 0.140. The number of nitrogen functional groups attached to an aromatic ring is 1. The van der Waals surface area contributed by atoms with E-state index in [1.807, 2.05) is 36.4 Å². The van der Waals surface area contributed by atoms with E-state index < -0.39 is 0 Å². The number of aromatic nitrogens is 4. The summed E-state index contributed by atoms with van der Waals surface area (Å²) >= 11 is 0. The van der Waals surface area contributed by atoms with Crippen molar-refractivity contribution in [1.82, 2.24) is 19.7 Å². The molecule has 0 saturated heterocycles. The Labute approximate surface area is 114 Å². The molecule has 0 amide bonds. The zero-order valence-electron chi connectivity index (χ0n) is 10.5.